The number of aromatic nitrogens is 1. The number of nitrogens with two attached hydrogens (primary N) is 1. The van der Waals surface area contributed by atoms with Crippen molar-refractivity contribution in [3.8, 4) is 0 Å². The molecule has 1 aromatic heterocycles. The third kappa shape index (κ3) is 6.09. The molecule has 2 N–H and O–H groups in total. The maximum atomic E-state index is 13.0. The van der Waals surface area contributed by atoms with Gasteiger partial charge in [0, 0.05) is 12.6 Å². The van der Waals surface area contributed by atoms with Gasteiger partial charge < -0.3 is 9.30 Å². The van der Waals surface area contributed by atoms with Crippen molar-refractivity contribution in [2.75, 3.05) is 18.0 Å². The van der Waals surface area contributed by atoms with Gasteiger partial charge in [0.05, 0.1) is 32.3 Å². The van der Waals surface area contributed by atoms with Crippen LogP contribution in [0.5, 0.6) is 0 Å². The number of hydrogen-bond acceptors (Lipinski definition) is 8. The molecular formula is C25H24N4O7S3. The van der Waals surface area contributed by atoms with Gasteiger partial charge in [-0.3, -0.25) is 13.9 Å². The molecule has 0 atom stereocenters. The third-order valence-corrected chi connectivity index (χ3v) is 9.40. The Labute approximate surface area is 228 Å². The molecule has 4 rings (SSSR count). The molecule has 0 saturated heterocycles. The maximum absolute atomic E-state index is 13.0. The van der Waals surface area contributed by atoms with E-state index in [1.54, 1.807) is 37.3 Å². The number of sulfonamides is 2. The van der Waals surface area contributed by atoms with Crippen molar-refractivity contribution in [2.45, 2.75) is 23.3 Å². The molecule has 0 radical (unpaired) electrons. The second-order valence-corrected chi connectivity index (χ2v) is 12.7. The van der Waals surface area contributed by atoms with Gasteiger partial charge in [0.1, 0.15) is 6.54 Å². The van der Waals surface area contributed by atoms with Crippen LogP contribution in [0, 0.1) is 0 Å². The van der Waals surface area contributed by atoms with Gasteiger partial charge in [0.2, 0.25) is 10.0 Å². The second-order valence-electron chi connectivity index (χ2n) is 8.20. The first-order chi connectivity index (χ1) is 18.4. The monoisotopic (exact) mass is 588 g/mol. The summed E-state index contributed by atoms with van der Waals surface area (Å²) in [5.41, 5.74) is 1.05. The molecule has 0 aliphatic heterocycles. The van der Waals surface area contributed by atoms with Gasteiger partial charge in [-0.1, -0.05) is 29.5 Å². The van der Waals surface area contributed by atoms with Crippen molar-refractivity contribution < 1.29 is 31.2 Å². The molecule has 0 bridgehead atoms. The first-order valence-corrected chi connectivity index (χ1v) is 15.3. The zero-order valence-electron chi connectivity index (χ0n) is 20.8. The quantitative estimate of drug-likeness (QED) is 0.310. The summed E-state index contributed by atoms with van der Waals surface area (Å²) < 4.78 is 57.7. The van der Waals surface area contributed by atoms with E-state index in [0.717, 1.165) is 15.6 Å². The van der Waals surface area contributed by atoms with Gasteiger partial charge in [-0.25, -0.2) is 22.0 Å². The molecule has 4 aromatic rings. The molecule has 0 unspecified atom stereocenters. The van der Waals surface area contributed by atoms with Crippen molar-refractivity contribution in [1.29, 1.82) is 0 Å². The highest BCUT2D eigenvalue weighted by atomic mass is 32.2. The summed E-state index contributed by atoms with van der Waals surface area (Å²) in [4.78, 5) is 29.4. The van der Waals surface area contributed by atoms with Gasteiger partial charge in [0.25, 0.3) is 15.9 Å². The van der Waals surface area contributed by atoms with Crippen molar-refractivity contribution in [3.05, 3.63) is 83.2 Å². The van der Waals surface area contributed by atoms with E-state index in [1.165, 1.54) is 54.1 Å². The fourth-order valence-electron chi connectivity index (χ4n) is 3.66. The largest absolute Gasteiger partial charge is 0.465 e. The predicted molar refractivity (Wildman–Crippen MR) is 146 cm³/mol. The molecule has 0 spiro atoms. The summed E-state index contributed by atoms with van der Waals surface area (Å²) in [6, 6.07) is 18.0. The Morgan fingerprint density at radius 3 is 2.23 bits per heavy atom. The lowest BCUT2D eigenvalue weighted by Gasteiger charge is -2.19. The molecule has 1 amide bonds. The number of carbonyl (C=O) groups is 2. The number of amides is 1. The minimum absolute atomic E-state index is 0.0137. The summed E-state index contributed by atoms with van der Waals surface area (Å²) >= 11 is 0.991. The number of anilines is 1. The normalized spacial score (nSPS) is 12.4. The van der Waals surface area contributed by atoms with Crippen LogP contribution in [0.15, 0.2) is 87.6 Å². The van der Waals surface area contributed by atoms with E-state index >= 15 is 0 Å². The highest BCUT2D eigenvalue weighted by Gasteiger charge is 2.22. The van der Waals surface area contributed by atoms with Crippen LogP contribution < -0.4 is 14.2 Å². The molecule has 1 heterocycles. The number of nitrogens with zero attached hydrogens (tertiary/aromatic N) is 3. The minimum Gasteiger partial charge on any atom is -0.465 e. The van der Waals surface area contributed by atoms with Gasteiger partial charge >= 0.3 is 5.97 Å². The van der Waals surface area contributed by atoms with Crippen molar-refractivity contribution in [3.63, 3.8) is 0 Å². The lowest BCUT2D eigenvalue weighted by molar-refractivity contribution is -0.143. The Hall–Kier alpha value is -3.85. The number of rotatable bonds is 8. The summed E-state index contributed by atoms with van der Waals surface area (Å²) in [6.07, 6.45) is 0. The number of ether oxygens (including phenoxy) is 1. The van der Waals surface area contributed by atoms with Gasteiger partial charge in [0.15, 0.2) is 4.80 Å². The molecule has 11 nitrogen and oxygen atoms in total. The molecule has 39 heavy (non-hydrogen) atoms. The summed E-state index contributed by atoms with van der Waals surface area (Å²) in [6.45, 7) is 1.54. The Bertz CT molecular complexity index is 1830. The molecule has 0 saturated carbocycles. The van der Waals surface area contributed by atoms with E-state index in [0.29, 0.717) is 15.9 Å². The van der Waals surface area contributed by atoms with Gasteiger partial charge in [-0.05, 0) is 61.5 Å². The van der Waals surface area contributed by atoms with Gasteiger partial charge in [-0.2, -0.15) is 4.99 Å². The second kappa shape index (κ2) is 11.1. The molecule has 0 aliphatic rings. The topological polar surface area (TPSA) is 158 Å². The van der Waals surface area contributed by atoms with Crippen molar-refractivity contribution >= 4 is 59.2 Å². The van der Waals surface area contributed by atoms with E-state index in [1.807, 2.05) is 0 Å². The van der Waals surface area contributed by atoms with Crippen molar-refractivity contribution in [2.24, 2.45) is 10.1 Å². The van der Waals surface area contributed by atoms with E-state index < -0.39 is 31.9 Å². The van der Waals surface area contributed by atoms with E-state index in [2.05, 4.69) is 4.99 Å². The lowest BCUT2D eigenvalue weighted by atomic mass is 10.2. The molecule has 14 heteroatoms. The Kier molecular flexibility index (Phi) is 8.02. The standard InChI is InChI=1S/C25H24N4O7S3/c1-3-36-23(30)16-29-21-14-13-20(38(26,32)33)15-22(21)37-25(29)27-24(31)17-9-11-19(12-10-17)39(34,35)28(2)18-7-5-4-6-8-18/h4-15H,3,16H2,1-2H3,(H2,26,32,33). The molecule has 3 aromatic carbocycles. The Morgan fingerprint density at radius 2 is 1.62 bits per heavy atom. The van der Waals surface area contributed by atoms with Crippen LogP contribution in [0.25, 0.3) is 10.2 Å². The molecular weight excluding hydrogens is 564 g/mol. The average Bonchev–Trinajstić information content (AvgIpc) is 3.24. The van der Waals surface area contributed by atoms with E-state index in [9.17, 15) is 26.4 Å². The summed E-state index contributed by atoms with van der Waals surface area (Å²) in [5, 5.41) is 5.24. The number of fused-ring (bicyclic) bond motifs is 1. The number of primary sulfonamides is 1. The maximum Gasteiger partial charge on any atom is 0.326 e. The summed E-state index contributed by atoms with van der Waals surface area (Å²) in [5.74, 6) is -1.26. The molecule has 0 fully saturated rings. The first kappa shape index (κ1) is 28.2. The van der Waals surface area contributed by atoms with Crippen LogP contribution in [0.3, 0.4) is 0 Å². The van der Waals surface area contributed by atoms with Gasteiger partial charge in [-0.15, -0.1) is 0 Å². The van der Waals surface area contributed by atoms with Crippen LogP contribution >= 0.6 is 11.3 Å². The minimum atomic E-state index is -3.98. The highest BCUT2D eigenvalue weighted by molar-refractivity contribution is 7.92. The van der Waals surface area contributed by atoms with E-state index in [-0.39, 0.29) is 33.3 Å². The Balaban J connectivity index is 1.71. The zero-order valence-corrected chi connectivity index (χ0v) is 23.3. The average molecular weight is 589 g/mol. The lowest BCUT2D eigenvalue weighted by Crippen LogP contribution is -2.26. The van der Waals surface area contributed by atoms with Crippen LogP contribution in [0.2, 0.25) is 0 Å². The number of benzene rings is 3. The predicted octanol–water partition coefficient (Wildman–Crippen LogP) is 2.48. The third-order valence-electron chi connectivity index (χ3n) is 5.65. The molecule has 0 aliphatic carbocycles. The van der Waals surface area contributed by atoms with Crippen LogP contribution in [-0.2, 0) is 36.1 Å². The SMILES string of the molecule is CCOC(=O)Cn1c(=NC(=O)c2ccc(S(=O)(=O)N(C)c3ccccc3)cc2)sc2cc(S(N)(=O)=O)ccc21. The fraction of sp³-hybridized carbons (Fsp3) is 0.160. The number of carbonyl (C=O) groups excluding carboxylic acids is 2. The number of hydrogen-bond donors (Lipinski definition) is 1. The number of esters is 1. The zero-order chi connectivity index (χ0) is 28.4. The smallest absolute Gasteiger partial charge is 0.326 e. The number of thiazole rings is 1. The summed E-state index contributed by atoms with van der Waals surface area (Å²) in [7, 11) is -6.42. The van der Waals surface area contributed by atoms with Crippen LogP contribution in [0.4, 0.5) is 5.69 Å². The highest BCUT2D eigenvalue weighted by Crippen LogP contribution is 2.23. The first-order valence-electron chi connectivity index (χ1n) is 11.5. The fourth-order valence-corrected chi connectivity index (χ4v) is 6.54. The van der Waals surface area contributed by atoms with Crippen LogP contribution in [-0.4, -0.2) is 46.9 Å². The number of para-hydroxylation sites is 1. The molecule has 204 valence electrons. The van der Waals surface area contributed by atoms with Crippen molar-refractivity contribution in [1.82, 2.24) is 4.57 Å². The Morgan fingerprint density at radius 1 is 0.974 bits per heavy atom. The van der Waals surface area contributed by atoms with Crippen LogP contribution in [0.1, 0.15) is 17.3 Å². The van der Waals surface area contributed by atoms with E-state index in [4.69, 9.17) is 9.88 Å².